The third-order valence-electron chi connectivity index (χ3n) is 5.73. The third kappa shape index (κ3) is 4.30. The van der Waals surface area contributed by atoms with E-state index in [9.17, 15) is 39.5 Å². The number of nitrogen functional groups attached to an aromatic ring is 2. The molecule has 4 rings (SSSR count). The third-order valence-corrected chi connectivity index (χ3v) is 5.73. The molecule has 13 heteroatoms. The Kier molecular flexibility index (Phi) is 5.50. The lowest BCUT2D eigenvalue weighted by Gasteiger charge is -2.32. The van der Waals surface area contributed by atoms with Crippen LogP contribution in [0.15, 0.2) is 42.5 Å². The van der Waals surface area contributed by atoms with Gasteiger partial charge >= 0.3 is 18.5 Å². The Labute approximate surface area is 195 Å². The molecule has 2 nitrogen and oxygen atoms in total. The van der Waals surface area contributed by atoms with E-state index in [1.165, 1.54) is 0 Å². The van der Waals surface area contributed by atoms with Crippen molar-refractivity contribution in [2.75, 3.05) is 11.5 Å². The van der Waals surface area contributed by atoms with Gasteiger partial charge in [0, 0.05) is 23.4 Å². The molecule has 0 atom stereocenters. The lowest BCUT2D eigenvalue weighted by atomic mass is 9.77. The van der Waals surface area contributed by atoms with Crippen LogP contribution in [0, 0.1) is 0 Å². The zero-order valence-electron chi connectivity index (χ0n) is 17.6. The Morgan fingerprint density at radius 1 is 0.583 bits per heavy atom. The van der Waals surface area contributed by atoms with Crippen molar-refractivity contribution in [2.24, 2.45) is 0 Å². The summed E-state index contributed by atoms with van der Waals surface area (Å²) in [6.45, 7) is 0. The van der Waals surface area contributed by atoms with Crippen molar-refractivity contribution < 1.29 is 48.3 Å². The minimum absolute atomic E-state index is 0.0263. The summed E-state index contributed by atoms with van der Waals surface area (Å²) in [5.74, 6) is -4.02. The van der Waals surface area contributed by atoms with Crippen LogP contribution in [0.4, 0.5) is 59.7 Å². The van der Waals surface area contributed by atoms with Gasteiger partial charge < -0.3 is 11.5 Å². The minimum Gasteiger partial charge on any atom is -0.399 e. The minimum atomic E-state index is -5.42. The molecule has 0 saturated carbocycles. The fourth-order valence-corrected chi connectivity index (χ4v) is 4.34. The SMILES string of the molecule is Nc1ccc(-c2cc3c(cc2C(F)(F)F)-c2c(cc(N)cc2C(F)(F)F)CC3(F)F)c(C(F)(F)F)c1. The highest BCUT2D eigenvalue weighted by Crippen LogP contribution is 2.54. The number of fused-ring (bicyclic) bond motifs is 3. The first kappa shape index (κ1) is 25.6. The molecule has 1 aliphatic rings. The van der Waals surface area contributed by atoms with Crippen LogP contribution in [-0.4, -0.2) is 0 Å². The number of nitrogens with two attached hydrogens (primary N) is 2. The molecule has 0 radical (unpaired) electrons. The van der Waals surface area contributed by atoms with Gasteiger partial charge in [-0.05, 0) is 64.2 Å². The summed E-state index contributed by atoms with van der Waals surface area (Å²) in [5, 5.41) is 0. The predicted molar refractivity (Wildman–Crippen MR) is 109 cm³/mol. The predicted octanol–water partition coefficient (Wildman–Crippen LogP) is 7.89. The van der Waals surface area contributed by atoms with Crippen molar-refractivity contribution >= 4 is 11.4 Å². The van der Waals surface area contributed by atoms with E-state index >= 15 is 8.78 Å². The molecular weight excluding hydrogens is 513 g/mol. The second-order valence-corrected chi connectivity index (χ2v) is 8.23. The maximum absolute atomic E-state index is 15.1. The van der Waals surface area contributed by atoms with Gasteiger partial charge in [0.15, 0.2) is 0 Å². The summed E-state index contributed by atoms with van der Waals surface area (Å²) in [7, 11) is 0. The van der Waals surface area contributed by atoms with Crippen molar-refractivity contribution in [3.8, 4) is 22.3 Å². The van der Waals surface area contributed by atoms with Gasteiger partial charge in [0.05, 0.1) is 16.7 Å². The Balaban J connectivity index is 2.16. The normalized spacial score (nSPS) is 15.4. The average Bonchev–Trinajstić information content (AvgIpc) is 2.70. The van der Waals surface area contributed by atoms with Crippen LogP contribution in [-0.2, 0) is 30.9 Å². The molecule has 4 N–H and O–H groups in total. The first-order valence-corrected chi connectivity index (χ1v) is 9.91. The van der Waals surface area contributed by atoms with E-state index in [4.69, 9.17) is 11.5 Å². The van der Waals surface area contributed by atoms with E-state index in [0.29, 0.717) is 18.2 Å². The van der Waals surface area contributed by atoms with Crippen molar-refractivity contribution in [2.45, 2.75) is 30.9 Å². The van der Waals surface area contributed by atoms with Gasteiger partial charge in [-0.1, -0.05) is 6.07 Å². The smallest absolute Gasteiger partial charge is 0.399 e. The zero-order chi connectivity index (χ0) is 27.0. The lowest BCUT2D eigenvalue weighted by Crippen LogP contribution is -2.26. The Morgan fingerprint density at radius 2 is 1.11 bits per heavy atom. The van der Waals surface area contributed by atoms with Gasteiger partial charge in [-0.3, -0.25) is 0 Å². The van der Waals surface area contributed by atoms with Crippen LogP contribution in [0.5, 0.6) is 0 Å². The molecular formula is C23H13F11N2. The summed E-state index contributed by atoms with van der Waals surface area (Å²) < 4.78 is 154. The number of anilines is 2. The molecule has 0 fully saturated rings. The van der Waals surface area contributed by atoms with Gasteiger partial charge in [0.2, 0.25) is 0 Å². The maximum Gasteiger partial charge on any atom is 0.417 e. The monoisotopic (exact) mass is 526 g/mol. The van der Waals surface area contributed by atoms with Crippen molar-refractivity contribution in [1.29, 1.82) is 0 Å². The molecule has 0 aromatic heterocycles. The fraction of sp³-hybridized carbons (Fsp3) is 0.217. The van der Waals surface area contributed by atoms with E-state index in [2.05, 4.69) is 0 Å². The largest absolute Gasteiger partial charge is 0.417 e. The molecule has 192 valence electrons. The van der Waals surface area contributed by atoms with Gasteiger partial charge in [0.25, 0.3) is 5.92 Å². The van der Waals surface area contributed by atoms with Crippen LogP contribution in [0.25, 0.3) is 22.3 Å². The molecule has 1 aliphatic carbocycles. The Bertz CT molecular complexity index is 1350. The molecule has 0 spiro atoms. The summed E-state index contributed by atoms with van der Waals surface area (Å²) in [6, 6.07) is 3.16. The van der Waals surface area contributed by atoms with Gasteiger partial charge in [-0.25, -0.2) is 8.78 Å². The number of hydrogen-bond acceptors (Lipinski definition) is 2. The molecule has 0 unspecified atom stereocenters. The molecule has 0 amide bonds. The van der Waals surface area contributed by atoms with E-state index < -0.39 is 92.3 Å². The first-order chi connectivity index (χ1) is 16.3. The summed E-state index contributed by atoms with van der Waals surface area (Å²) in [5.41, 5.74) is -1.59. The molecule has 0 bridgehead atoms. The number of halogens is 11. The highest BCUT2D eigenvalue weighted by molar-refractivity contribution is 5.85. The fourth-order valence-electron chi connectivity index (χ4n) is 4.34. The maximum atomic E-state index is 15.1. The van der Waals surface area contributed by atoms with E-state index in [0.717, 1.165) is 12.1 Å². The number of benzene rings is 3. The van der Waals surface area contributed by atoms with E-state index in [1.54, 1.807) is 0 Å². The summed E-state index contributed by atoms with van der Waals surface area (Å²) >= 11 is 0. The quantitative estimate of drug-likeness (QED) is 0.250. The number of rotatable bonds is 1. The van der Waals surface area contributed by atoms with Crippen LogP contribution in [0.2, 0.25) is 0 Å². The molecule has 3 aromatic rings. The topological polar surface area (TPSA) is 52.0 Å². The van der Waals surface area contributed by atoms with Crippen LogP contribution in [0.1, 0.15) is 27.8 Å². The zero-order valence-corrected chi connectivity index (χ0v) is 17.6. The summed E-state index contributed by atoms with van der Waals surface area (Å²) in [4.78, 5) is 0. The highest BCUT2D eigenvalue weighted by Gasteiger charge is 2.47. The van der Waals surface area contributed by atoms with Crippen LogP contribution >= 0.6 is 0 Å². The average molecular weight is 526 g/mol. The second kappa shape index (κ2) is 7.74. The van der Waals surface area contributed by atoms with Crippen LogP contribution in [0.3, 0.4) is 0 Å². The second-order valence-electron chi connectivity index (χ2n) is 8.23. The molecule has 0 heterocycles. The van der Waals surface area contributed by atoms with Crippen molar-refractivity contribution in [3.63, 3.8) is 0 Å². The van der Waals surface area contributed by atoms with Gasteiger partial charge in [0.1, 0.15) is 0 Å². The number of alkyl halides is 11. The molecule has 3 aromatic carbocycles. The van der Waals surface area contributed by atoms with E-state index in [1.807, 2.05) is 0 Å². The Morgan fingerprint density at radius 3 is 1.67 bits per heavy atom. The van der Waals surface area contributed by atoms with E-state index in [-0.39, 0.29) is 12.1 Å². The standard InChI is InChI=1S/C23H13F11N2/c24-20(25)8-9-3-11(36)5-18(23(32,33)34)19(9)14-7-17(22(29,30)31)13(6-15(14)20)12-2-1-10(35)4-16(12)21(26,27)28/h1-7H,8,35-36H2. The Hall–Kier alpha value is -3.51. The summed E-state index contributed by atoms with van der Waals surface area (Å²) in [6.07, 6.45) is -17.2. The van der Waals surface area contributed by atoms with Crippen molar-refractivity contribution in [3.05, 3.63) is 70.3 Å². The van der Waals surface area contributed by atoms with Crippen molar-refractivity contribution in [1.82, 2.24) is 0 Å². The lowest BCUT2D eigenvalue weighted by molar-refractivity contribution is -0.139. The molecule has 0 saturated heterocycles. The van der Waals surface area contributed by atoms with Gasteiger partial charge in [-0.15, -0.1) is 0 Å². The molecule has 36 heavy (non-hydrogen) atoms. The highest BCUT2D eigenvalue weighted by atomic mass is 19.4. The molecule has 0 aliphatic heterocycles. The number of hydrogen-bond donors (Lipinski definition) is 2. The van der Waals surface area contributed by atoms with Crippen LogP contribution < -0.4 is 11.5 Å². The first-order valence-electron chi connectivity index (χ1n) is 9.91. The van der Waals surface area contributed by atoms with Gasteiger partial charge in [-0.2, -0.15) is 39.5 Å².